The number of anilines is 2. The van der Waals surface area contributed by atoms with Crippen molar-refractivity contribution in [1.29, 1.82) is 0 Å². The third-order valence-electron chi connectivity index (χ3n) is 4.81. The summed E-state index contributed by atoms with van der Waals surface area (Å²) in [5, 5.41) is 3.28. The maximum Gasteiger partial charge on any atom is 0.224 e. The van der Waals surface area contributed by atoms with Crippen LogP contribution in [0, 0.1) is 0 Å². The summed E-state index contributed by atoms with van der Waals surface area (Å²) in [7, 11) is 3.22. The Bertz CT molecular complexity index is 744. The van der Waals surface area contributed by atoms with Gasteiger partial charge in [-0.2, -0.15) is 0 Å². The summed E-state index contributed by atoms with van der Waals surface area (Å²) in [4.78, 5) is 16.8. The number of hydrogen-bond acceptors (Lipinski definition) is 5. The van der Waals surface area contributed by atoms with Gasteiger partial charge < -0.3 is 24.6 Å². The molecule has 1 N–H and O–H groups in total. The van der Waals surface area contributed by atoms with E-state index in [0.29, 0.717) is 24.5 Å². The van der Waals surface area contributed by atoms with E-state index in [9.17, 15) is 4.79 Å². The van der Waals surface area contributed by atoms with Gasteiger partial charge in [0.25, 0.3) is 0 Å². The summed E-state index contributed by atoms with van der Waals surface area (Å²) in [6.45, 7) is 3.87. The second-order valence-corrected chi connectivity index (χ2v) is 6.45. The van der Waals surface area contributed by atoms with E-state index in [1.165, 1.54) is 5.69 Å². The molecule has 1 aliphatic rings. The van der Waals surface area contributed by atoms with Gasteiger partial charge in [-0.15, -0.1) is 0 Å². The number of rotatable bonds is 7. The van der Waals surface area contributed by atoms with Crippen LogP contribution in [0.4, 0.5) is 11.4 Å². The fraction of sp³-hybridized carbons (Fsp3) is 0.381. The first-order valence-corrected chi connectivity index (χ1v) is 9.25. The summed E-state index contributed by atoms with van der Waals surface area (Å²) < 4.78 is 10.5. The molecule has 27 heavy (non-hydrogen) atoms. The summed E-state index contributed by atoms with van der Waals surface area (Å²) in [5.74, 6) is 1.55. The minimum absolute atomic E-state index is 0.190. The molecule has 0 unspecified atom stereocenters. The highest BCUT2D eigenvalue weighted by molar-refractivity contribution is 5.77. The average Bonchev–Trinajstić information content (AvgIpc) is 2.74. The molecule has 0 bridgehead atoms. The van der Waals surface area contributed by atoms with Crippen LogP contribution in [-0.2, 0) is 4.79 Å². The molecule has 3 rings (SSSR count). The summed E-state index contributed by atoms with van der Waals surface area (Å²) in [5.41, 5.74) is 2.13. The molecule has 2 aromatic carbocycles. The van der Waals surface area contributed by atoms with Gasteiger partial charge in [-0.3, -0.25) is 4.79 Å². The molecule has 1 aliphatic heterocycles. The molecule has 0 spiro atoms. The Morgan fingerprint density at radius 1 is 0.963 bits per heavy atom. The molecule has 1 heterocycles. The van der Waals surface area contributed by atoms with E-state index in [0.717, 1.165) is 31.9 Å². The van der Waals surface area contributed by atoms with Gasteiger partial charge in [0.05, 0.1) is 14.2 Å². The van der Waals surface area contributed by atoms with Gasteiger partial charge in [-0.25, -0.2) is 0 Å². The normalized spacial score (nSPS) is 14.0. The van der Waals surface area contributed by atoms with E-state index >= 15 is 0 Å². The molecular weight excluding hydrogens is 342 g/mol. The van der Waals surface area contributed by atoms with E-state index in [-0.39, 0.29) is 5.91 Å². The van der Waals surface area contributed by atoms with Gasteiger partial charge in [-0.1, -0.05) is 18.2 Å². The van der Waals surface area contributed by atoms with Gasteiger partial charge in [0.15, 0.2) is 11.5 Å². The van der Waals surface area contributed by atoms with Crippen molar-refractivity contribution in [1.82, 2.24) is 4.90 Å². The number of carbonyl (C=O) groups excluding carboxylic acids is 1. The Kier molecular flexibility index (Phi) is 6.41. The zero-order valence-corrected chi connectivity index (χ0v) is 16.0. The van der Waals surface area contributed by atoms with Crippen molar-refractivity contribution < 1.29 is 14.3 Å². The Morgan fingerprint density at radius 2 is 1.67 bits per heavy atom. The molecule has 1 amide bonds. The third kappa shape index (κ3) is 4.84. The van der Waals surface area contributed by atoms with Gasteiger partial charge in [0, 0.05) is 56.6 Å². The van der Waals surface area contributed by atoms with Crippen LogP contribution in [-0.4, -0.2) is 57.8 Å². The molecule has 144 valence electrons. The number of amides is 1. The van der Waals surface area contributed by atoms with E-state index in [2.05, 4.69) is 22.3 Å². The van der Waals surface area contributed by atoms with Crippen molar-refractivity contribution in [2.75, 3.05) is 57.2 Å². The maximum absolute atomic E-state index is 12.5. The Labute approximate surface area is 160 Å². The second kappa shape index (κ2) is 9.16. The number of nitrogens with one attached hydrogen (secondary N) is 1. The van der Waals surface area contributed by atoms with Crippen LogP contribution < -0.4 is 19.7 Å². The minimum Gasteiger partial charge on any atom is -0.493 e. The molecule has 6 heteroatoms. The monoisotopic (exact) mass is 369 g/mol. The molecule has 0 atom stereocenters. The number of carbonyl (C=O) groups is 1. The molecule has 1 saturated heterocycles. The molecule has 0 saturated carbocycles. The Balaban J connectivity index is 1.44. The topological polar surface area (TPSA) is 54.0 Å². The third-order valence-corrected chi connectivity index (χ3v) is 4.81. The standard InChI is InChI=1S/C21H27N3O3/c1-26-19-9-8-17(16-20(19)27-2)22-11-10-21(25)24-14-12-23(13-15-24)18-6-4-3-5-7-18/h3-9,16,22H,10-15H2,1-2H3. The smallest absolute Gasteiger partial charge is 0.224 e. The SMILES string of the molecule is COc1ccc(NCCC(=O)N2CCN(c3ccccc3)CC2)cc1OC. The van der Waals surface area contributed by atoms with Crippen LogP contribution >= 0.6 is 0 Å². The van der Waals surface area contributed by atoms with Gasteiger partial charge in [0.2, 0.25) is 5.91 Å². The molecule has 0 aliphatic carbocycles. The van der Waals surface area contributed by atoms with E-state index in [1.54, 1.807) is 14.2 Å². The van der Waals surface area contributed by atoms with Crippen LogP contribution in [0.15, 0.2) is 48.5 Å². The van der Waals surface area contributed by atoms with Crippen LogP contribution in [0.25, 0.3) is 0 Å². The molecule has 0 radical (unpaired) electrons. The zero-order valence-electron chi connectivity index (χ0n) is 16.0. The minimum atomic E-state index is 0.190. The Hall–Kier alpha value is -2.89. The largest absolute Gasteiger partial charge is 0.493 e. The number of nitrogens with zero attached hydrogens (tertiary/aromatic N) is 2. The predicted molar refractivity (Wildman–Crippen MR) is 108 cm³/mol. The number of hydrogen-bond donors (Lipinski definition) is 1. The van der Waals surface area contributed by atoms with Crippen LogP contribution in [0.5, 0.6) is 11.5 Å². The highest BCUT2D eigenvalue weighted by Crippen LogP contribution is 2.29. The zero-order chi connectivity index (χ0) is 19.1. The van der Waals surface area contributed by atoms with Crippen LogP contribution in [0.3, 0.4) is 0 Å². The first-order chi connectivity index (χ1) is 13.2. The molecule has 6 nitrogen and oxygen atoms in total. The lowest BCUT2D eigenvalue weighted by atomic mass is 10.2. The lowest BCUT2D eigenvalue weighted by Gasteiger charge is -2.36. The van der Waals surface area contributed by atoms with Crippen molar-refractivity contribution in [2.45, 2.75) is 6.42 Å². The lowest BCUT2D eigenvalue weighted by molar-refractivity contribution is -0.131. The van der Waals surface area contributed by atoms with Crippen molar-refractivity contribution >= 4 is 17.3 Å². The molecule has 2 aromatic rings. The van der Waals surface area contributed by atoms with Crippen LogP contribution in [0.2, 0.25) is 0 Å². The Morgan fingerprint density at radius 3 is 2.33 bits per heavy atom. The number of piperazine rings is 1. The number of methoxy groups -OCH3 is 2. The number of ether oxygens (including phenoxy) is 2. The van der Waals surface area contributed by atoms with Crippen molar-refractivity contribution in [3.63, 3.8) is 0 Å². The number of para-hydroxylation sites is 1. The first kappa shape index (κ1) is 18.9. The fourth-order valence-corrected chi connectivity index (χ4v) is 3.27. The first-order valence-electron chi connectivity index (χ1n) is 9.25. The fourth-order valence-electron chi connectivity index (χ4n) is 3.27. The molecule has 0 aromatic heterocycles. The maximum atomic E-state index is 12.5. The highest BCUT2D eigenvalue weighted by atomic mass is 16.5. The van der Waals surface area contributed by atoms with E-state index in [1.807, 2.05) is 41.3 Å². The second-order valence-electron chi connectivity index (χ2n) is 6.45. The lowest BCUT2D eigenvalue weighted by Crippen LogP contribution is -2.49. The van der Waals surface area contributed by atoms with Gasteiger partial charge in [-0.05, 0) is 24.3 Å². The summed E-state index contributed by atoms with van der Waals surface area (Å²) >= 11 is 0. The summed E-state index contributed by atoms with van der Waals surface area (Å²) in [6.07, 6.45) is 0.472. The van der Waals surface area contributed by atoms with E-state index in [4.69, 9.17) is 9.47 Å². The van der Waals surface area contributed by atoms with E-state index < -0.39 is 0 Å². The van der Waals surface area contributed by atoms with Crippen molar-refractivity contribution in [2.24, 2.45) is 0 Å². The summed E-state index contributed by atoms with van der Waals surface area (Å²) in [6, 6.07) is 16.0. The van der Waals surface area contributed by atoms with Crippen molar-refractivity contribution in [3.8, 4) is 11.5 Å². The predicted octanol–water partition coefficient (Wildman–Crippen LogP) is 2.85. The molecule has 1 fully saturated rings. The van der Waals surface area contributed by atoms with Gasteiger partial charge in [0.1, 0.15) is 0 Å². The number of benzene rings is 2. The van der Waals surface area contributed by atoms with Gasteiger partial charge >= 0.3 is 0 Å². The highest BCUT2D eigenvalue weighted by Gasteiger charge is 2.20. The average molecular weight is 369 g/mol. The quantitative estimate of drug-likeness (QED) is 0.813. The molecular formula is C21H27N3O3. The van der Waals surface area contributed by atoms with Crippen molar-refractivity contribution in [3.05, 3.63) is 48.5 Å². The van der Waals surface area contributed by atoms with Crippen LogP contribution in [0.1, 0.15) is 6.42 Å².